The Hall–Kier alpha value is -4.13. The topological polar surface area (TPSA) is 114 Å². The Balaban J connectivity index is 1.81. The van der Waals surface area contributed by atoms with E-state index in [1.807, 2.05) is 0 Å². The Morgan fingerprint density at radius 1 is 1.17 bits per heavy atom. The zero-order valence-corrected chi connectivity index (χ0v) is 19.6. The first-order valence-corrected chi connectivity index (χ1v) is 10.6. The summed E-state index contributed by atoms with van der Waals surface area (Å²) in [6.07, 6.45) is 1.28. The molecule has 1 amide bonds. The number of ether oxygens (including phenoxy) is 2. The zero-order valence-electron chi connectivity index (χ0n) is 18.1. The van der Waals surface area contributed by atoms with E-state index in [2.05, 4.69) is 5.32 Å². The van der Waals surface area contributed by atoms with Gasteiger partial charge in [0.05, 0.1) is 27.8 Å². The molecule has 35 heavy (non-hydrogen) atoms. The molecule has 0 atom stereocenters. The Morgan fingerprint density at radius 3 is 2.49 bits per heavy atom. The van der Waals surface area contributed by atoms with Crippen molar-refractivity contribution in [1.82, 2.24) is 0 Å². The summed E-state index contributed by atoms with van der Waals surface area (Å²) in [4.78, 5) is 22.8. The number of nitro groups is 1. The molecule has 0 heterocycles. The SMILES string of the molecule is COc1cc(/C=C(\C#N)C(=O)Nc2ccc([N+](=O)[O-])cc2Cl)cc(Cl)c1OCc1ccc(F)cc1. The number of carbonyl (C=O) groups excluding carboxylic acids is 1. The van der Waals surface area contributed by atoms with Gasteiger partial charge in [0.15, 0.2) is 11.5 Å². The maximum atomic E-state index is 13.1. The number of anilines is 1. The number of methoxy groups -OCH3 is 1. The molecule has 3 aromatic carbocycles. The van der Waals surface area contributed by atoms with Crippen LogP contribution in [0.25, 0.3) is 6.08 Å². The summed E-state index contributed by atoms with van der Waals surface area (Å²) in [7, 11) is 1.40. The van der Waals surface area contributed by atoms with E-state index in [0.29, 0.717) is 11.1 Å². The van der Waals surface area contributed by atoms with Gasteiger partial charge in [-0.1, -0.05) is 35.3 Å². The molecular formula is C24H16Cl2FN3O5. The standard InChI is InChI=1S/C24H16Cl2FN3O5/c1-34-22-10-15(9-20(26)23(22)35-13-14-2-4-17(27)5-3-14)8-16(12-28)24(31)29-21-7-6-18(30(32)33)11-19(21)25/h2-11H,13H2,1H3,(H,29,31)/b16-8+. The number of hydrogen-bond acceptors (Lipinski definition) is 6. The van der Waals surface area contributed by atoms with Gasteiger partial charge in [0, 0.05) is 12.1 Å². The van der Waals surface area contributed by atoms with Gasteiger partial charge in [-0.2, -0.15) is 5.26 Å². The first-order valence-electron chi connectivity index (χ1n) is 9.83. The fourth-order valence-corrected chi connectivity index (χ4v) is 3.42. The Bertz CT molecular complexity index is 1350. The third-order valence-corrected chi connectivity index (χ3v) is 5.23. The number of amides is 1. The highest BCUT2D eigenvalue weighted by Gasteiger charge is 2.16. The molecule has 0 aromatic heterocycles. The second-order valence-corrected chi connectivity index (χ2v) is 7.81. The lowest BCUT2D eigenvalue weighted by molar-refractivity contribution is -0.384. The second-order valence-electron chi connectivity index (χ2n) is 6.99. The summed E-state index contributed by atoms with van der Waals surface area (Å²) < 4.78 is 24.2. The normalized spacial score (nSPS) is 10.9. The van der Waals surface area contributed by atoms with Crippen molar-refractivity contribution in [1.29, 1.82) is 5.26 Å². The van der Waals surface area contributed by atoms with E-state index in [1.165, 1.54) is 49.6 Å². The number of nitrogens with one attached hydrogen (secondary N) is 1. The van der Waals surface area contributed by atoms with Crippen molar-refractivity contribution in [3.8, 4) is 17.6 Å². The molecule has 3 aromatic rings. The first kappa shape index (κ1) is 25.5. The van der Waals surface area contributed by atoms with Gasteiger partial charge >= 0.3 is 0 Å². The number of benzene rings is 3. The van der Waals surface area contributed by atoms with Crippen LogP contribution < -0.4 is 14.8 Å². The lowest BCUT2D eigenvalue weighted by Gasteiger charge is -2.14. The predicted octanol–water partition coefficient (Wildman–Crippen LogP) is 6.17. The number of nitrogens with zero attached hydrogens (tertiary/aromatic N) is 2. The summed E-state index contributed by atoms with van der Waals surface area (Å²) in [5.41, 5.74) is 0.665. The zero-order chi connectivity index (χ0) is 25.5. The molecule has 0 bridgehead atoms. The summed E-state index contributed by atoms with van der Waals surface area (Å²) in [6.45, 7) is 0.105. The monoisotopic (exact) mass is 515 g/mol. The second kappa shape index (κ2) is 11.3. The van der Waals surface area contributed by atoms with Crippen molar-refractivity contribution < 1.29 is 23.6 Å². The van der Waals surface area contributed by atoms with Gasteiger partial charge in [0.2, 0.25) is 0 Å². The number of hydrogen-bond donors (Lipinski definition) is 1. The molecule has 8 nitrogen and oxygen atoms in total. The average Bonchev–Trinajstić information content (AvgIpc) is 2.83. The quantitative estimate of drug-likeness (QED) is 0.166. The number of carbonyl (C=O) groups is 1. The fourth-order valence-electron chi connectivity index (χ4n) is 2.92. The maximum Gasteiger partial charge on any atom is 0.271 e. The van der Waals surface area contributed by atoms with E-state index in [9.17, 15) is 24.6 Å². The summed E-state index contributed by atoms with van der Waals surface area (Å²) in [6, 6.07) is 14.1. The van der Waals surface area contributed by atoms with Crippen LogP contribution in [0.4, 0.5) is 15.8 Å². The van der Waals surface area contributed by atoms with Crippen molar-refractivity contribution in [2.75, 3.05) is 12.4 Å². The van der Waals surface area contributed by atoms with Gasteiger partial charge in [-0.25, -0.2) is 4.39 Å². The van der Waals surface area contributed by atoms with Gasteiger partial charge in [-0.15, -0.1) is 0 Å². The van der Waals surface area contributed by atoms with Crippen LogP contribution in [-0.4, -0.2) is 17.9 Å². The van der Waals surface area contributed by atoms with Gasteiger partial charge in [0.1, 0.15) is 24.1 Å². The molecule has 0 fully saturated rings. The lowest BCUT2D eigenvalue weighted by Crippen LogP contribution is -2.13. The van der Waals surface area contributed by atoms with Gasteiger partial charge in [0.25, 0.3) is 11.6 Å². The van der Waals surface area contributed by atoms with Crippen LogP contribution in [0.3, 0.4) is 0 Å². The Kier molecular flexibility index (Phi) is 8.25. The molecule has 0 radical (unpaired) electrons. The van der Waals surface area contributed by atoms with Crippen LogP contribution in [0, 0.1) is 27.3 Å². The first-order chi connectivity index (χ1) is 16.7. The van der Waals surface area contributed by atoms with Crippen molar-refractivity contribution in [3.63, 3.8) is 0 Å². The minimum Gasteiger partial charge on any atom is -0.493 e. The molecule has 0 saturated carbocycles. The molecule has 0 aliphatic heterocycles. The fraction of sp³-hybridized carbons (Fsp3) is 0.0833. The van der Waals surface area contributed by atoms with Crippen molar-refractivity contribution in [2.24, 2.45) is 0 Å². The summed E-state index contributed by atoms with van der Waals surface area (Å²) in [5, 5.41) is 22.9. The van der Waals surface area contributed by atoms with E-state index in [-0.39, 0.29) is 50.9 Å². The van der Waals surface area contributed by atoms with Crippen LogP contribution in [0.15, 0.2) is 60.2 Å². The lowest BCUT2D eigenvalue weighted by atomic mass is 10.1. The highest BCUT2D eigenvalue weighted by molar-refractivity contribution is 6.34. The molecule has 0 saturated heterocycles. The maximum absolute atomic E-state index is 13.1. The van der Waals surface area contributed by atoms with Crippen molar-refractivity contribution >= 4 is 46.6 Å². The number of nitro benzene ring substituents is 1. The molecule has 3 rings (SSSR count). The molecular weight excluding hydrogens is 500 g/mol. The van der Waals surface area contributed by atoms with E-state index in [4.69, 9.17) is 32.7 Å². The average molecular weight is 516 g/mol. The minimum atomic E-state index is -0.782. The highest BCUT2D eigenvalue weighted by atomic mass is 35.5. The summed E-state index contributed by atoms with van der Waals surface area (Å²) >= 11 is 12.3. The number of non-ortho nitro benzene ring substituents is 1. The van der Waals surface area contributed by atoms with Crippen LogP contribution in [0.2, 0.25) is 10.0 Å². The van der Waals surface area contributed by atoms with Gasteiger partial charge in [-0.3, -0.25) is 14.9 Å². The molecule has 0 spiro atoms. The number of halogens is 3. The molecule has 11 heteroatoms. The van der Waals surface area contributed by atoms with Crippen LogP contribution in [0.5, 0.6) is 11.5 Å². The predicted molar refractivity (Wildman–Crippen MR) is 129 cm³/mol. The van der Waals surface area contributed by atoms with Crippen molar-refractivity contribution in [3.05, 3.63) is 97.3 Å². The van der Waals surface area contributed by atoms with Crippen LogP contribution in [-0.2, 0) is 11.4 Å². The Labute approximate surface area is 209 Å². The smallest absolute Gasteiger partial charge is 0.271 e. The van der Waals surface area contributed by atoms with Gasteiger partial charge in [-0.05, 0) is 47.5 Å². The molecule has 0 unspecified atom stereocenters. The highest BCUT2D eigenvalue weighted by Crippen LogP contribution is 2.37. The van der Waals surface area contributed by atoms with Crippen LogP contribution in [0.1, 0.15) is 11.1 Å². The third-order valence-electron chi connectivity index (χ3n) is 4.64. The molecule has 0 aliphatic carbocycles. The number of nitriles is 1. The number of rotatable bonds is 8. The Morgan fingerprint density at radius 2 is 1.89 bits per heavy atom. The van der Waals surface area contributed by atoms with E-state index >= 15 is 0 Å². The van der Waals surface area contributed by atoms with E-state index in [0.717, 1.165) is 6.07 Å². The van der Waals surface area contributed by atoms with Crippen LogP contribution >= 0.6 is 23.2 Å². The van der Waals surface area contributed by atoms with Crippen molar-refractivity contribution in [2.45, 2.75) is 6.61 Å². The minimum absolute atomic E-state index is 0.0581. The van der Waals surface area contributed by atoms with Gasteiger partial charge < -0.3 is 14.8 Å². The largest absolute Gasteiger partial charge is 0.493 e. The molecule has 1 N–H and O–H groups in total. The van der Waals surface area contributed by atoms with E-state index < -0.39 is 10.8 Å². The van der Waals surface area contributed by atoms with E-state index in [1.54, 1.807) is 18.2 Å². The summed E-state index contributed by atoms with van der Waals surface area (Å²) in [5.74, 6) is -0.665. The molecule has 178 valence electrons. The molecule has 0 aliphatic rings. The third kappa shape index (κ3) is 6.47.